The number of rotatable bonds is 9. The van der Waals surface area contributed by atoms with Crippen molar-refractivity contribution in [2.45, 2.75) is 53.0 Å². The Hall–Kier alpha value is -3.82. The third kappa shape index (κ3) is 6.48. The van der Waals surface area contributed by atoms with Crippen LogP contribution in [0.5, 0.6) is 0 Å². The molecule has 10 heteroatoms. The highest BCUT2D eigenvalue weighted by Crippen LogP contribution is 2.28. The summed E-state index contributed by atoms with van der Waals surface area (Å²) >= 11 is 6.22. The number of nitrogens with zero attached hydrogens (tertiary/aromatic N) is 2. The molecule has 0 aliphatic carbocycles. The number of para-hydroxylation sites is 1. The van der Waals surface area contributed by atoms with Gasteiger partial charge in [-0.1, -0.05) is 43.6 Å². The summed E-state index contributed by atoms with van der Waals surface area (Å²) in [5.41, 5.74) is 7.01. The number of amides is 2. The molecule has 2 amide bonds. The molecular weight excluding hydrogens is 530 g/mol. The number of aryl methyl sites for hydroxylation is 1. The number of nitrogens with one attached hydrogen (secondary N) is 2. The summed E-state index contributed by atoms with van der Waals surface area (Å²) in [6, 6.07) is 14.3. The summed E-state index contributed by atoms with van der Waals surface area (Å²) in [5, 5.41) is 6.92. The zero-order chi connectivity index (χ0) is 29.4. The number of carbonyl (C=O) groups is 2. The third-order valence-electron chi connectivity index (χ3n) is 6.59. The molecule has 0 radical (unpaired) electrons. The summed E-state index contributed by atoms with van der Waals surface area (Å²) in [6.45, 7) is 9.49. The predicted molar refractivity (Wildman–Crippen MR) is 158 cm³/mol. The molecule has 2 aromatic heterocycles. The standard InChI is InChI=1S/C30H36ClN5O4/c1-18-12-19-13-20(31)14-22(26(19)40-18)27(38)33-17-29(2,3)16-24(37)34-25-23(15-30(4,5)32)35(6)36(28(25)39)21-10-8-7-9-11-21/h7-14H,15-17,32H2,1-6H3,(H,33,38)(H,34,37). The summed E-state index contributed by atoms with van der Waals surface area (Å²) in [5.74, 6) is -0.0189. The number of hydrogen-bond donors (Lipinski definition) is 3. The first-order chi connectivity index (χ1) is 18.6. The number of carbonyl (C=O) groups excluding carboxylic acids is 2. The van der Waals surface area contributed by atoms with Crippen molar-refractivity contribution in [3.05, 3.63) is 80.9 Å². The molecule has 212 valence electrons. The van der Waals surface area contributed by atoms with Gasteiger partial charge in [0.1, 0.15) is 17.0 Å². The number of halogens is 1. The molecule has 4 aromatic rings. The van der Waals surface area contributed by atoms with Crippen molar-refractivity contribution in [2.75, 3.05) is 11.9 Å². The van der Waals surface area contributed by atoms with Gasteiger partial charge in [-0.2, -0.15) is 0 Å². The number of aromatic nitrogens is 2. The Morgan fingerprint density at radius 1 is 1.07 bits per heavy atom. The molecule has 4 rings (SSSR count). The number of furan rings is 1. The molecule has 0 bridgehead atoms. The molecule has 0 atom stereocenters. The number of hydrogen-bond acceptors (Lipinski definition) is 5. The van der Waals surface area contributed by atoms with E-state index in [0.717, 1.165) is 5.39 Å². The average Bonchev–Trinajstić information content (AvgIpc) is 3.32. The number of benzene rings is 2. The van der Waals surface area contributed by atoms with Gasteiger partial charge in [-0.05, 0) is 56.5 Å². The van der Waals surface area contributed by atoms with Gasteiger partial charge in [0, 0.05) is 42.4 Å². The number of anilines is 1. The van der Waals surface area contributed by atoms with Crippen LogP contribution in [-0.4, -0.2) is 33.3 Å². The van der Waals surface area contributed by atoms with Gasteiger partial charge in [0.05, 0.1) is 16.9 Å². The Morgan fingerprint density at radius 3 is 2.40 bits per heavy atom. The van der Waals surface area contributed by atoms with Crippen LogP contribution < -0.4 is 21.9 Å². The Bertz CT molecular complexity index is 1620. The minimum Gasteiger partial charge on any atom is -0.461 e. The number of nitrogens with two attached hydrogens (primary N) is 1. The van der Waals surface area contributed by atoms with Crippen LogP contribution in [0.2, 0.25) is 5.02 Å². The molecule has 2 heterocycles. The first-order valence-electron chi connectivity index (χ1n) is 13.1. The summed E-state index contributed by atoms with van der Waals surface area (Å²) in [4.78, 5) is 39.8. The zero-order valence-corrected chi connectivity index (χ0v) is 24.5. The second kappa shape index (κ2) is 11.0. The third-order valence-corrected chi connectivity index (χ3v) is 6.81. The van der Waals surface area contributed by atoms with Crippen molar-refractivity contribution in [1.82, 2.24) is 14.7 Å². The highest BCUT2D eigenvalue weighted by molar-refractivity contribution is 6.32. The van der Waals surface area contributed by atoms with Gasteiger partial charge in [-0.3, -0.25) is 19.1 Å². The van der Waals surface area contributed by atoms with Gasteiger partial charge < -0.3 is 20.8 Å². The lowest BCUT2D eigenvalue weighted by Crippen LogP contribution is -2.37. The van der Waals surface area contributed by atoms with E-state index in [4.69, 9.17) is 21.8 Å². The lowest BCUT2D eigenvalue weighted by atomic mass is 9.88. The summed E-state index contributed by atoms with van der Waals surface area (Å²) in [6.07, 6.45) is 0.428. The van der Waals surface area contributed by atoms with Crippen molar-refractivity contribution >= 4 is 40.1 Å². The lowest BCUT2D eigenvalue weighted by Gasteiger charge is -2.24. The van der Waals surface area contributed by atoms with Crippen LogP contribution in [0.25, 0.3) is 16.7 Å². The van der Waals surface area contributed by atoms with Crippen molar-refractivity contribution in [3.63, 3.8) is 0 Å². The Morgan fingerprint density at radius 2 is 1.75 bits per heavy atom. The fourth-order valence-corrected chi connectivity index (χ4v) is 5.00. The smallest absolute Gasteiger partial charge is 0.295 e. The Labute approximate surface area is 238 Å². The van der Waals surface area contributed by atoms with Crippen LogP contribution in [-0.2, 0) is 18.3 Å². The molecule has 0 unspecified atom stereocenters. The second-order valence-electron chi connectivity index (χ2n) is 11.8. The van der Waals surface area contributed by atoms with Crippen LogP contribution in [0.15, 0.2) is 57.7 Å². The molecule has 40 heavy (non-hydrogen) atoms. The maximum absolute atomic E-state index is 13.5. The minimum atomic E-state index is -0.628. The van der Waals surface area contributed by atoms with E-state index in [0.29, 0.717) is 39.7 Å². The van der Waals surface area contributed by atoms with Gasteiger partial charge in [-0.25, -0.2) is 4.68 Å². The van der Waals surface area contributed by atoms with Crippen molar-refractivity contribution < 1.29 is 14.0 Å². The molecule has 0 aliphatic rings. The quantitative estimate of drug-likeness (QED) is 0.265. The predicted octanol–water partition coefficient (Wildman–Crippen LogP) is 4.95. The van der Waals surface area contributed by atoms with E-state index < -0.39 is 11.0 Å². The molecule has 9 nitrogen and oxygen atoms in total. The van der Waals surface area contributed by atoms with Gasteiger partial charge >= 0.3 is 0 Å². The number of fused-ring (bicyclic) bond motifs is 1. The fourth-order valence-electron chi connectivity index (χ4n) is 4.78. The SMILES string of the molecule is Cc1cc2cc(Cl)cc(C(=O)NCC(C)(C)CC(=O)Nc3c(CC(C)(C)N)n(C)n(-c4ccccc4)c3=O)c2o1. The first-order valence-corrected chi connectivity index (χ1v) is 13.5. The molecule has 2 aromatic carbocycles. The van der Waals surface area contributed by atoms with E-state index in [1.165, 1.54) is 4.68 Å². The summed E-state index contributed by atoms with van der Waals surface area (Å²) in [7, 11) is 1.78. The first kappa shape index (κ1) is 29.2. The van der Waals surface area contributed by atoms with E-state index in [1.807, 2.05) is 64.1 Å². The van der Waals surface area contributed by atoms with Gasteiger partial charge in [-0.15, -0.1) is 0 Å². The Balaban J connectivity index is 1.52. The van der Waals surface area contributed by atoms with Crippen molar-refractivity contribution in [2.24, 2.45) is 18.2 Å². The summed E-state index contributed by atoms with van der Waals surface area (Å²) < 4.78 is 8.96. The van der Waals surface area contributed by atoms with Crippen LogP contribution in [0.1, 0.15) is 55.9 Å². The van der Waals surface area contributed by atoms with E-state index in [2.05, 4.69) is 10.6 Å². The molecule has 4 N–H and O–H groups in total. The molecular formula is C30H36ClN5O4. The molecule has 0 saturated carbocycles. The maximum Gasteiger partial charge on any atom is 0.295 e. The van der Waals surface area contributed by atoms with E-state index >= 15 is 0 Å². The largest absolute Gasteiger partial charge is 0.461 e. The normalized spacial score (nSPS) is 12.1. The molecule has 0 aliphatic heterocycles. The molecule has 0 saturated heterocycles. The van der Waals surface area contributed by atoms with Crippen molar-refractivity contribution in [3.8, 4) is 5.69 Å². The van der Waals surface area contributed by atoms with E-state index in [9.17, 15) is 14.4 Å². The van der Waals surface area contributed by atoms with Crippen LogP contribution in [0.3, 0.4) is 0 Å². The van der Waals surface area contributed by atoms with Crippen LogP contribution in [0, 0.1) is 12.3 Å². The minimum absolute atomic E-state index is 0.0588. The van der Waals surface area contributed by atoms with E-state index in [-0.39, 0.29) is 36.0 Å². The van der Waals surface area contributed by atoms with Crippen LogP contribution >= 0.6 is 11.6 Å². The van der Waals surface area contributed by atoms with E-state index in [1.54, 1.807) is 30.8 Å². The lowest BCUT2D eigenvalue weighted by molar-refractivity contribution is -0.118. The second-order valence-corrected chi connectivity index (χ2v) is 12.2. The zero-order valence-electron chi connectivity index (χ0n) is 23.7. The highest BCUT2D eigenvalue weighted by atomic mass is 35.5. The van der Waals surface area contributed by atoms with Gasteiger partial charge in [0.2, 0.25) is 5.91 Å². The fraction of sp³-hybridized carbons (Fsp3) is 0.367. The van der Waals surface area contributed by atoms with Crippen LogP contribution in [0.4, 0.5) is 5.69 Å². The molecule has 0 fully saturated rings. The topological polar surface area (TPSA) is 124 Å². The van der Waals surface area contributed by atoms with Crippen molar-refractivity contribution in [1.29, 1.82) is 0 Å². The molecule has 0 spiro atoms. The van der Waals surface area contributed by atoms with Gasteiger partial charge in [0.15, 0.2) is 0 Å². The van der Waals surface area contributed by atoms with Gasteiger partial charge in [0.25, 0.3) is 11.5 Å². The maximum atomic E-state index is 13.5. The monoisotopic (exact) mass is 565 g/mol. The average molecular weight is 566 g/mol. The highest BCUT2D eigenvalue weighted by Gasteiger charge is 2.28. The Kier molecular flexibility index (Phi) is 8.01.